The van der Waals surface area contributed by atoms with Crippen molar-refractivity contribution in [3.63, 3.8) is 0 Å². The summed E-state index contributed by atoms with van der Waals surface area (Å²) in [6, 6.07) is 6.10. The number of benzene rings is 1. The molecule has 1 aromatic carbocycles. The average Bonchev–Trinajstić information content (AvgIpc) is 2.84. The van der Waals surface area contributed by atoms with Crippen molar-refractivity contribution in [1.82, 2.24) is 15.0 Å². The van der Waals surface area contributed by atoms with E-state index in [1.54, 1.807) is 25.1 Å². The lowest BCUT2D eigenvalue weighted by molar-refractivity contribution is 0.119. The summed E-state index contributed by atoms with van der Waals surface area (Å²) in [5.41, 5.74) is 2.30. The number of ether oxygens (including phenoxy) is 2. The van der Waals surface area contributed by atoms with Gasteiger partial charge in [-0.15, -0.1) is 5.10 Å². The van der Waals surface area contributed by atoms with Crippen molar-refractivity contribution in [1.29, 1.82) is 0 Å². The second kappa shape index (κ2) is 6.19. The first kappa shape index (κ1) is 13.4. The van der Waals surface area contributed by atoms with Gasteiger partial charge in [0.05, 0.1) is 13.3 Å². The predicted octanol–water partition coefficient (Wildman–Crippen LogP) is 1.81. The minimum absolute atomic E-state index is 0.396. The predicted molar refractivity (Wildman–Crippen MR) is 72.1 cm³/mol. The van der Waals surface area contributed by atoms with Gasteiger partial charge in [-0.3, -0.25) is 0 Å². The van der Waals surface area contributed by atoms with E-state index in [1.807, 2.05) is 19.1 Å². The number of methoxy groups -OCH3 is 2. The van der Waals surface area contributed by atoms with Gasteiger partial charge in [0.25, 0.3) is 0 Å². The van der Waals surface area contributed by atoms with Crippen molar-refractivity contribution in [3.05, 3.63) is 35.5 Å². The van der Waals surface area contributed by atoms with Crippen LogP contribution in [-0.4, -0.2) is 29.2 Å². The lowest BCUT2D eigenvalue weighted by atomic mass is 10.1. The van der Waals surface area contributed by atoms with Crippen LogP contribution in [0.4, 0.5) is 5.82 Å². The minimum Gasteiger partial charge on any atom is -0.497 e. The number of rotatable bonds is 6. The minimum atomic E-state index is 0.396. The highest BCUT2D eigenvalue weighted by Crippen LogP contribution is 2.17. The first-order valence-corrected chi connectivity index (χ1v) is 5.99. The molecule has 0 saturated heterocycles. The van der Waals surface area contributed by atoms with Crippen molar-refractivity contribution in [2.45, 2.75) is 20.2 Å². The van der Waals surface area contributed by atoms with Gasteiger partial charge >= 0.3 is 0 Å². The van der Waals surface area contributed by atoms with Crippen LogP contribution in [0.25, 0.3) is 0 Å². The van der Waals surface area contributed by atoms with E-state index in [1.165, 1.54) is 5.56 Å². The van der Waals surface area contributed by atoms with E-state index in [-0.39, 0.29) is 0 Å². The summed E-state index contributed by atoms with van der Waals surface area (Å²) in [7, 11) is 3.29. The summed E-state index contributed by atoms with van der Waals surface area (Å²) in [4.78, 5) is 0. The molecular formula is C13H18N4O2. The molecule has 6 nitrogen and oxygen atoms in total. The molecule has 1 aromatic heterocycles. The van der Waals surface area contributed by atoms with Gasteiger partial charge in [-0.05, 0) is 30.2 Å². The maximum Gasteiger partial charge on any atom is 0.168 e. The molecule has 1 heterocycles. The molecular weight excluding hydrogens is 244 g/mol. The third kappa shape index (κ3) is 3.69. The fraction of sp³-hybridized carbons (Fsp3) is 0.385. The largest absolute Gasteiger partial charge is 0.497 e. The van der Waals surface area contributed by atoms with Crippen LogP contribution in [0.2, 0.25) is 0 Å². The van der Waals surface area contributed by atoms with Crippen LogP contribution in [0.5, 0.6) is 5.75 Å². The molecule has 102 valence electrons. The van der Waals surface area contributed by atoms with E-state index >= 15 is 0 Å². The fourth-order valence-electron chi connectivity index (χ4n) is 1.81. The lowest BCUT2D eigenvalue weighted by Gasteiger charge is -2.07. The molecule has 0 radical (unpaired) electrons. The van der Waals surface area contributed by atoms with Gasteiger partial charge in [-0.1, -0.05) is 11.3 Å². The number of hydrogen-bond acceptors (Lipinski definition) is 5. The van der Waals surface area contributed by atoms with E-state index < -0.39 is 0 Å². The zero-order valence-corrected chi connectivity index (χ0v) is 11.4. The Balaban J connectivity index is 1.99. The molecule has 0 spiro atoms. The van der Waals surface area contributed by atoms with Crippen LogP contribution in [0, 0.1) is 6.92 Å². The van der Waals surface area contributed by atoms with Crippen LogP contribution >= 0.6 is 0 Å². The molecule has 19 heavy (non-hydrogen) atoms. The van der Waals surface area contributed by atoms with Crippen LogP contribution < -0.4 is 10.1 Å². The number of anilines is 1. The van der Waals surface area contributed by atoms with Crippen molar-refractivity contribution >= 4 is 5.82 Å². The third-order valence-electron chi connectivity index (χ3n) is 2.62. The Kier molecular flexibility index (Phi) is 4.35. The summed E-state index contributed by atoms with van der Waals surface area (Å²) < 4.78 is 11.8. The first-order valence-electron chi connectivity index (χ1n) is 5.99. The molecule has 6 heteroatoms. The molecule has 0 atom stereocenters. The molecule has 1 N–H and O–H groups in total. The van der Waals surface area contributed by atoms with E-state index in [9.17, 15) is 0 Å². The van der Waals surface area contributed by atoms with Crippen molar-refractivity contribution < 1.29 is 9.47 Å². The van der Waals surface area contributed by atoms with Crippen molar-refractivity contribution in [2.75, 3.05) is 19.5 Å². The lowest BCUT2D eigenvalue weighted by Crippen LogP contribution is -2.01. The monoisotopic (exact) mass is 262 g/mol. The van der Waals surface area contributed by atoms with Crippen molar-refractivity contribution in [2.24, 2.45) is 0 Å². The Bertz CT molecular complexity index is 539. The van der Waals surface area contributed by atoms with Gasteiger partial charge < -0.3 is 14.8 Å². The second-order valence-electron chi connectivity index (χ2n) is 4.27. The Labute approximate surface area is 112 Å². The van der Waals surface area contributed by atoms with Crippen LogP contribution in [0.3, 0.4) is 0 Å². The maximum atomic E-state index is 5.25. The van der Waals surface area contributed by atoms with Gasteiger partial charge in [-0.25, -0.2) is 4.68 Å². The summed E-state index contributed by atoms with van der Waals surface area (Å²) in [6.07, 6.45) is 1.80. The molecule has 0 aliphatic rings. The van der Waals surface area contributed by atoms with Gasteiger partial charge in [0.15, 0.2) is 5.82 Å². The Morgan fingerprint density at radius 1 is 1.26 bits per heavy atom. The summed E-state index contributed by atoms with van der Waals surface area (Å²) >= 11 is 0. The van der Waals surface area contributed by atoms with Gasteiger partial charge in [0.2, 0.25) is 0 Å². The molecule has 0 bridgehead atoms. The SMILES string of the molecule is COCn1cc(NCc2cc(C)cc(OC)c2)nn1. The van der Waals surface area contributed by atoms with Crippen LogP contribution in [0.1, 0.15) is 11.1 Å². The Morgan fingerprint density at radius 2 is 2.11 bits per heavy atom. The molecule has 0 aliphatic carbocycles. The standard InChI is InChI=1S/C13H18N4O2/c1-10-4-11(6-12(5-10)19-3)7-14-13-8-17(9-18-2)16-15-13/h4-6,8,14H,7,9H2,1-3H3. The average molecular weight is 262 g/mol. The first-order chi connectivity index (χ1) is 9.21. The molecule has 0 unspecified atom stereocenters. The van der Waals surface area contributed by atoms with Gasteiger partial charge in [-0.2, -0.15) is 0 Å². The molecule has 0 fully saturated rings. The summed E-state index contributed by atoms with van der Waals surface area (Å²) in [5, 5.41) is 11.1. The zero-order valence-electron chi connectivity index (χ0n) is 11.4. The highest BCUT2D eigenvalue weighted by Gasteiger charge is 2.02. The van der Waals surface area contributed by atoms with Crippen LogP contribution in [-0.2, 0) is 18.0 Å². The molecule has 0 saturated carbocycles. The number of nitrogens with zero attached hydrogens (tertiary/aromatic N) is 3. The van der Waals surface area contributed by atoms with E-state index in [0.717, 1.165) is 17.1 Å². The molecule has 2 rings (SSSR count). The fourth-order valence-corrected chi connectivity index (χ4v) is 1.81. The number of hydrogen-bond donors (Lipinski definition) is 1. The van der Waals surface area contributed by atoms with Crippen molar-refractivity contribution in [3.8, 4) is 5.75 Å². The van der Waals surface area contributed by atoms with E-state index in [0.29, 0.717) is 13.3 Å². The third-order valence-corrected chi connectivity index (χ3v) is 2.62. The van der Waals surface area contributed by atoms with Crippen LogP contribution in [0.15, 0.2) is 24.4 Å². The second-order valence-corrected chi connectivity index (χ2v) is 4.27. The van der Waals surface area contributed by atoms with E-state index in [4.69, 9.17) is 9.47 Å². The normalized spacial score (nSPS) is 10.5. The summed E-state index contributed by atoms with van der Waals surface area (Å²) in [6.45, 7) is 3.11. The Hall–Kier alpha value is -2.08. The number of aryl methyl sites for hydroxylation is 1. The smallest absolute Gasteiger partial charge is 0.168 e. The quantitative estimate of drug-likeness (QED) is 0.860. The topological polar surface area (TPSA) is 61.2 Å². The summed E-state index contributed by atoms with van der Waals surface area (Å²) in [5.74, 6) is 1.58. The van der Waals surface area contributed by atoms with Gasteiger partial charge in [0, 0.05) is 13.7 Å². The highest BCUT2D eigenvalue weighted by molar-refractivity contribution is 5.37. The molecule has 2 aromatic rings. The Morgan fingerprint density at radius 3 is 2.84 bits per heavy atom. The number of nitrogens with one attached hydrogen (secondary N) is 1. The maximum absolute atomic E-state index is 5.25. The highest BCUT2D eigenvalue weighted by atomic mass is 16.5. The molecule has 0 aliphatic heterocycles. The van der Waals surface area contributed by atoms with Gasteiger partial charge in [0.1, 0.15) is 12.5 Å². The zero-order chi connectivity index (χ0) is 13.7. The number of aromatic nitrogens is 3. The molecule has 0 amide bonds. The van der Waals surface area contributed by atoms with E-state index in [2.05, 4.69) is 21.7 Å².